The first-order valence-corrected chi connectivity index (χ1v) is 12.6. The minimum atomic E-state index is -0.669. The number of nitrogens with one attached hydrogen (secondary N) is 2. The number of carbonyl (C=O) groups excluding carboxylic acids is 3. The summed E-state index contributed by atoms with van der Waals surface area (Å²) in [7, 11) is 0. The second-order valence-corrected chi connectivity index (χ2v) is 9.45. The summed E-state index contributed by atoms with van der Waals surface area (Å²) < 4.78 is 11.2. The molecule has 1 aliphatic rings. The van der Waals surface area contributed by atoms with Gasteiger partial charge in [-0.25, -0.2) is 10.2 Å². The molecule has 0 saturated carbocycles. The maximum Gasteiger partial charge on any atom is 0.379 e. The van der Waals surface area contributed by atoms with Crippen LogP contribution >= 0.6 is 27.7 Å². The number of rotatable bonds is 8. The number of esters is 1. The second kappa shape index (κ2) is 12.2. The monoisotopic (exact) mass is 565 g/mol. The van der Waals surface area contributed by atoms with Crippen LogP contribution in [0.1, 0.15) is 32.9 Å². The molecule has 0 aliphatic carbocycles. The van der Waals surface area contributed by atoms with E-state index in [9.17, 15) is 14.4 Å². The topological polar surface area (TPSA) is 110 Å². The van der Waals surface area contributed by atoms with Gasteiger partial charge in [0.05, 0.1) is 12.5 Å². The van der Waals surface area contributed by atoms with Crippen LogP contribution in [0.4, 0.5) is 0 Å². The van der Waals surface area contributed by atoms with Gasteiger partial charge in [0.2, 0.25) is 5.76 Å². The predicted molar refractivity (Wildman–Crippen MR) is 141 cm³/mol. The van der Waals surface area contributed by atoms with Gasteiger partial charge >= 0.3 is 5.97 Å². The van der Waals surface area contributed by atoms with E-state index < -0.39 is 17.8 Å². The number of halogens is 1. The fourth-order valence-electron chi connectivity index (χ4n) is 3.10. The fourth-order valence-corrected chi connectivity index (χ4v) is 4.39. The van der Waals surface area contributed by atoms with Gasteiger partial charge in [-0.2, -0.15) is 5.10 Å². The molecule has 10 heteroatoms. The van der Waals surface area contributed by atoms with E-state index in [1.165, 1.54) is 18.5 Å². The lowest BCUT2D eigenvalue weighted by Crippen LogP contribution is -2.33. The quantitative estimate of drug-likeness (QED) is 0.130. The number of amides is 2. The van der Waals surface area contributed by atoms with Gasteiger partial charge < -0.3 is 14.5 Å². The number of allylic oxidation sites excluding steroid dienone is 2. The molecule has 0 unspecified atom stereocenters. The lowest BCUT2D eigenvalue weighted by molar-refractivity contribution is -0.117. The molecule has 0 spiro atoms. The molecular weight excluding hydrogens is 546 g/mol. The minimum Gasteiger partial charge on any atom is -0.457 e. The van der Waals surface area contributed by atoms with Crippen LogP contribution in [0.3, 0.4) is 0 Å². The average molecular weight is 566 g/mol. The minimum absolute atomic E-state index is 0.0529. The highest BCUT2D eigenvalue weighted by atomic mass is 79.9. The smallest absolute Gasteiger partial charge is 0.379 e. The first-order chi connectivity index (χ1) is 17.5. The van der Waals surface area contributed by atoms with Crippen LogP contribution < -0.4 is 15.5 Å². The number of furan rings is 1. The van der Waals surface area contributed by atoms with Crippen molar-refractivity contribution in [3.63, 3.8) is 0 Å². The third kappa shape index (κ3) is 6.83. The van der Waals surface area contributed by atoms with Gasteiger partial charge in [0.1, 0.15) is 11.4 Å². The van der Waals surface area contributed by atoms with Gasteiger partial charge in [-0.05, 0) is 55.0 Å². The highest BCUT2D eigenvalue weighted by Crippen LogP contribution is 2.26. The van der Waals surface area contributed by atoms with Gasteiger partial charge in [0.15, 0.2) is 0 Å². The number of thioether (sulfide) groups is 1. The Labute approximate surface area is 219 Å². The Morgan fingerprint density at radius 2 is 1.92 bits per heavy atom. The van der Waals surface area contributed by atoms with Gasteiger partial charge in [0.25, 0.3) is 11.8 Å². The van der Waals surface area contributed by atoms with Crippen molar-refractivity contribution in [2.24, 2.45) is 5.10 Å². The molecule has 0 bridgehead atoms. The summed E-state index contributed by atoms with van der Waals surface area (Å²) in [4.78, 5) is 38.7. The van der Waals surface area contributed by atoms with E-state index in [-0.39, 0.29) is 17.2 Å². The highest BCUT2D eigenvalue weighted by Gasteiger charge is 2.17. The van der Waals surface area contributed by atoms with Crippen molar-refractivity contribution in [1.29, 1.82) is 0 Å². The first-order valence-electron chi connectivity index (χ1n) is 10.8. The summed E-state index contributed by atoms with van der Waals surface area (Å²) >= 11 is 4.96. The molecule has 0 saturated heterocycles. The molecule has 1 aliphatic heterocycles. The largest absolute Gasteiger partial charge is 0.457 e. The van der Waals surface area contributed by atoms with Crippen molar-refractivity contribution in [2.75, 3.05) is 5.75 Å². The molecule has 8 nitrogen and oxygen atoms in total. The van der Waals surface area contributed by atoms with Crippen molar-refractivity contribution < 1.29 is 23.5 Å². The lowest BCUT2D eigenvalue weighted by Gasteiger charge is -2.10. The Kier molecular flexibility index (Phi) is 8.53. The van der Waals surface area contributed by atoms with Gasteiger partial charge in [-0.3, -0.25) is 9.59 Å². The van der Waals surface area contributed by atoms with Crippen LogP contribution in [-0.2, 0) is 4.79 Å². The second-order valence-electron chi connectivity index (χ2n) is 7.37. The summed E-state index contributed by atoms with van der Waals surface area (Å²) in [5.41, 5.74) is 3.33. The number of carbonyl (C=O) groups is 3. The summed E-state index contributed by atoms with van der Waals surface area (Å²) in [6.45, 7) is 0. The number of nitrogens with zero attached hydrogens (tertiary/aromatic N) is 1. The average Bonchev–Trinajstić information content (AvgIpc) is 3.60. The third-order valence-corrected chi connectivity index (χ3v) is 6.37. The van der Waals surface area contributed by atoms with E-state index in [4.69, 9.17) is 9.15 Å². The Morgan fingerprint density at radius 3 is 2.64 bits per heavy atom. The zero-order valence-corrected chi connectivity index (χ0v) is 21.2. The van der Waals surface area contributed by atoms with Crippen LogP contribution in [0.25, 0.3) is 0 Å². The van der Waals surface area contributed by atoms with E-state index in [1.54, 1.807) is 72.4 Å². The Hall–Kier alpha value is -3.89. The molecule has 4 rings (SSSR count). The van der Waals surface area contributed by atoms with E-state index in [1.807, 2.05) is 6.08 Å². The van der Waals surface area contributed by atoms with E-state index >= 15 is 0 Å². The summed E-state index contributed by atoms with van der Waals surface area (Å²) in [5.74, 6) is -0.502. The molecule has 2 aromatic carbocycles. The number of hydrazone groups is 1. The van der Waals surface area contributed by atoms with Crippen molar-refractivity contribution >= 4 is 51.7 Å². The number of benzene rings is 2. The maximum atomic E-state index is 12.9. The maximum absolute atomic E-state index is 12.9. The fraction of sp³-hybridized carbons (Fsp3) is 0.0769. The lowest BCUT2D eigenvalue weighted by atomic mass is 10.2. The van der Waals surface area contributed by atoms with Crippen LogP contribution in [0.5, 0.6) is 5.75 Å². The van der Waals surface area contributed by atoms with Crippen LogP contribution in [0.15, 0.2) is 104 Å². The molecule has 2 amide bonds. The molecule has 0 fully saturated rings. The first kappa shape index (κ1) is 25.2. The Balaban J connectivity index is 1.49. The SMILES string of the molecule is O=C(N/N=C/c1cc(Br)ccc1OC(=O)c1ccco1)/C(=C\C1=CCCS1)NC(=O)c1ccccc1. The molecular formula is C26H20BrN3O5S. The van der Waals surface area contributed by atoms with E-state index in [2.05, 4.69) is 31.8 Å². The molecule has 3 aromatic rings. The zero-order chi connectivity index (χ0) is 25.3. The predicted octanol–water partition coefficient (Wildman–Crippen LogP) is 5.05. The molecule has 36 heavy (non-hydrogen) atoms. The van der Waals surface area contributed by atoms with E-state index in [0.717, 1.165) is 17.1 Å². The van der Waals surface area contributed by atoms with Crippen LogP contribution in [0, 0.1) is 0 Å². The van der Waals surface area contributed by atoms with Crippen molar-refractivity contribution in [1.82, 2.24) is 10.7 Å². The summed E-state index contributed by atoms with van der Waals surface area (Å²) in [6, 6.07) is 16.6. The van der Waals surface area contributed by atoms with Gasteiger partial charge in [-0.15, -0.1) is 11.8 Å². The van der Waals surface area contributed by atoms with Crippen LogP contribution in [-0.4, -0.2) is 29.8 Å². The van der Waals surface area contributed by atoms with Crippen molar-refractivity contribution in [3.8, 4) is 5.75 Å². The highest BCUT2D eigenvalue weighted by molar-refractivity contribution is 9.10. The summed E-state index contributed by atoms with van der Waals surface area (Å²) in [5, 5.41) is 6.68. The Bertz CT molecular complexity index is 1350. The molecule has 0 radical (unpaired) electrons. The normalized spacial score (nSPS) is 13.4. The Morgan fingerprint density at radius 1 is 1.08 bits per heavy atom. The zero-order valence-electron chi connectivity index (χ0n) is 18.8. The molecule has 2 heterocycles. The van der Waals surface area contributed by atoms with Gasteiger partial charge in [-0.1, -0.05) is 40.2 Å². The van der Waals surface area contributed by atoms with Crippen molar-refractivity contribution in [3.05, 3.63) is 111 Å². The van der Waals surface area contributed by atoms with Gasteiger partial charge in [0, 0.05) is 26.3 Å². The van der Waals surface area contributed by atoms with Crippen LogP contribution in [0.2, 0.25) is 0 Å². The third-order valence-electron chi connectivity index (χ3n) is 4.81. The number of hydrogen-bond acceptors (Lipinski definition) is 7. The standard InChI is InChI=1S/C26H20BrN3O5S/c27-19-10-11-22(35-26(33)23-9-4-12-34-23)18(14-19)16-28-30-25(32)21(15-20-8-5-13-36-20)29-24(31)17-6-2-1-3-7-17/h1-4,6-12,14-16H,5,13H2,(H,29,31)(H,30,32)/b21-15+,28-16+. The summed E-state index contributed by atoms with van der Waals surface area (Å²) in [6.07, 6.45) is 7.22. The number of hydrogen-bond donors (Lipinski definition) is 2. The molecule has 0 atom stereocenters. The molecule has 182 valence electrons. The molecule has 1 aromatic heterocycles. The number of ether oxygens (including phenoxy) is 1. The molecule has 2 N–H and O–H groups in total. The van der Waals surface area contributed by atoms with Crippen molar-refractivity contribution in [2.45, 2.75) is 6.42 Å². The van der Waals surface area contributed by atoms with E-state index in [0.29, 0.717) is 15.6 Å².